The first-order valence-corrected chi connectivity index (χ1v) is 8.05. The zero-order chi connectivity index (χ0) is 16.8. The minimum absolute atomic E-state index is 1.02. The summed E-state index contributed by atoms with van der Waals surface area (Å²) in [4.78, 5) is 4.74. The van der Waals surface area contributed by atoms with Crippen molar-refractivity contribution in [3.8, 4) is 0 Å². The minimum Gasteiger partial charge on any atom is -0.253 e. The summed E-state index contributed by atoms with van der Waals surface area (Å²) in [6, 6.07) is 16.7. The van der Waals surface area contributed by atoms with Gasteiger partial charge in [0.05, 0.1) is 5.69 Å². The van der Waals surface area contributed by atoms with E-state index >= 15 is 0 Å². The van der Waals surface area contributed by atoms with Crippen molar-refractivity contribution >= 4 is 17.0 Å². The highest BCUT2D eigenvalue weighted by molar-refractivity contribution is 5.98. The molecule has 0 bridgehead atoms. The van der Waals surface area contributed by atoms with Crippen molar-refractivity contribution in [3.05, 3.63) is 82.9 Å². The molecule has 0 aliphatic carbocycles. The molecule has 2 aromatic rings. The molecule has 0 amide bonds. The van der Waals surface area contributed by atoms with E-state index in [1.807, 2.05) is 12.1 Å². The molecule has 0 aliphatic rings. The van der Waals surface area contributed by atoms with Crippen LogP contribution >= 0.6 is 0 Å². The third kappa shape index (κ3) is 4.29. The van der Waals surface area contributed by atoms with E-state index in [4.69, 9.17) is 4.99 Å². The SMILES string of the molecule is C/C=C(\C(C)=C/C(C)=Nc1ccccc1C)c1ccccc1C. The molecule has 1 nitrogen and oxygen atoms in total. The number of hydrogen-bond donors (Lipinski definition) is 0. The molecule has 0 atom stereocenters. The fourth-order valence-electron chi connectivity index (χ4n) is 2.77. The van der Waals surface area contributed by atoms with E-state index in [1.54, 1.807) is 0 Å². The normalized spacial score (nSPS) is 13.3. The molecule has 2 aromatic carbocycles. The number of benzene rings is 2. The Morgan fingerprint density at radius 1 is 0.870 bits per heavy atom. The van der Waals surface area contributed by atoms with Crippen LogP contribution in [0.1, 0.15) is 37.5 Å². The van der Waals surface area contributed by atoms with E-state index in [1.165, 1.54) is 27.8 Å². The van der Waals surface area contributed by atoms with Gasteiger partial charge in [-0.05, 0) is 74.6 Å². The van der Waals surface area contributed by atoms with Crippen molar-refractivity contribution in [1.82, 2.24) is 0 Å². The lowest BCUT2D eigenvalue weighted by Gasteiger charge is -2.11. The van der Waals surface area contributed by atoms with Crippen LogP contribution in [0.5, 0.6) is 0 Å². The molecular formula is C22H25N. The van der Waals surface area contributed by atoms with E-state index in [0.29, 0.717) is 0 Å². The first-order chi connectivity index (χ1) is 11.0. The lowest BCUT2D eigenvalue weighted by atomic mass is 9.94. The summed E-state index contributed by atoms with van der Waals surface area (Å²) >= 11 is 0. The van der Waals surface area contributed by atoms with Gasteiger partial charge in [0, 0.05) is 5.71 Å². The highest BCUT2D eigenvalue weighted by Gasteiger charge is 2.06. The summed E-state index contributed by atoms with van der Waals surface area (Å²) in [5.74, 6) is 0. The summed E-state index contributed by atoms with van der Waals surface area (Å²) in [6.45, 7) is 10.5. The van der Waals surface area contributed by atoms with Gasteiger partial charge in [-0.3, -0.25) is 4.99 Å². The Kier molecular flexibility index (Phi) is 5.70. The first-order valence-electron chi connectivity index (χ1n) is 8.05. The average Bonchev–Trinajstić information content (AvgIpc) is 2.52. The monoisotopic (exact) mass is 303 g/mol. The Bertz CT molecular complexity index is 776. The molecule has 118 valence electrons. The Morgan fingerprint density at radius 2 is 1.48 bits per heavy atom. The molecule has 2 rings (SSSR count). The molecular weight excluding hydrogens is 278 g/mol. The molecule has 0 unspecified atom stereocenters. The molecule has 0 N–H and O–H groups in total. The van der Waals surface area contributed by atoms with E-state index in [2.05, 4.69) is 83.2 Å². The molecule has 0 saturated carbocycles. The lowest BCUT2D eigenvalue weighted by molar-refractivity contribution is 1.38. The number of aliphatic imine (C=N–C) groups is 1. The van der Waals surface area contributed by atoms with Crippen molar-refractivity contribution in [2.45, 2.75) is 34.6 Å². The van der Waals surface area contributed by atoms with Gasteiger partial charge in [-0.15, -0.1) is 0 Å². The molecule has 0 aliphatic heterocycles. The van der Waals surface area contributed by atoms with Gasteiger partial charge in [-0.25, -0.2) is 0 Å². The summed E-state index contributed by atoms with van der Waals surface area (Å²) < 4.78 is 0. The maximum absolute atomic E-state index is 4.74. The fraction of sp³-hybridized carbons (Fsp3) is 0.227. The van der Waals surface area contributed by atoms with Gasteiger partial charge in [-0.2, -0.15) is 0 Å². The summed E-state index contributed by atoms with van der Waals surface area (Å²) in [5.41, 5.74) is 8.33. The molecule has 0 saturated heterocycles. The van der Waals surface area contributed by atoms with Crippen LogP contribution in [0.15, 0.2) is 71.2 Å². The van der Waals surface area contributed by atoms with Crippen LogP contribution in [0, 0.1) is 13.8 Å². The highest BCUT2D eigenvalue weighted by Crippen LogP contribution is 2.26. The summed E-state index contributed by atoms with van der Waals surface area (Å²) in [5, 5.41) is 0. The van der Waals surface area contributed by atoms with Crippen molar-refractivity contribution < 1.29 is 0 Å². The van der Waals surface area contributed by atoms with Crippen molar-refractivity contribution in [1.29, 1.82) is 0 Å². The smallest absolute Gasteiger partial charge is 0.0661 e. The Labute approximate surface area is 140 Å². The van der Waals surface area contributed by atoms with Gasteiger partial charge in [0.25, 0.3) is 0 Å². The predicted octanol–water partition coefficient (Wildman–Crippen LogP) is 6.45. The number of para-hydroxylation sites is 1. The fourth-order valence-corrected chi connectivity index (χ4v) is 2.77. The van der Waals surface area contributed by atoms with Crippen molar-refractivity contribution in [2.24, 2.45) is 4.99 Å². The summed E-state index contributed by atoms with van der Waals surface area (Å²) in [7, 11) is 0. The van der Waals surface area contributed by atoms with Gasteiger partial charge in [0.15, 0.2) is 0 Å². The quantitative estimate of drug-likeness (QED) is 0.455. The van der Waals surface area contributed by atoms with E-state index in [0.717, 1.165) is 11.4 Å². The standard InChI is InChI=1S/C22H25N/c1-6-20(21-13-9-7-11-16(21)2)18(4)15-19(5)23-22-14-10-8-12-17(22)3/h6-15H,1-5H3/b18-15-,20-6+,23-19?. The van der Waals surface area contributed by atoms with E-state index in [-0.39, 0.29) is 0 Å². The third-order valence-corrected chi connectivity index (χ3v) is 3.99. The second-order valence-electron chi connectivity index (χ2n) is 5.88. The maximum atomic E-state index is 4.74. The van der Waals surface area contributed by atoms with Gasteiger partial charge in [0.1, 0.15) is 0 Å². The highest BCUT2D eigenvalue weighted by atomic mass is 14.7. The van der Waals surface area contributed by atoms with Crippen LogP contribution in [0.2, 0.25) is 0 Å². The van der Waals surface area contributed by atoms with Crippen LogP contribution in [-0.4, -0.2) is 5.71 Å². The Morgan fingerprint density at radius 3 is 2.09 bits per heavy atom. The number of rotatable bonds is 4. The van der Waals surface area contributed by atoms with Gasteiger partial charge < -0.3 is 0 Å². The van der Waals surface area contributed by atoms with Crippen molar-refractivity contribution in [2.75, 3.05) is 0 Å². The van der Waals surface area contributed by atoms with E-state index in [9.17, 15) is 0 Å². The zero-order valence-electron chi connectivity index (χ0n) is 14.7. The van der Waals surface area contributed by atoms with E-state index < -0.39 is 0 Å². The number of nitrogens with zero attached hydrogens (tertiary/aromatic N) is 1. The molecule has 1 heteroatoms. The van der Waals surface area contributed by atoms with Crippen LogP contribution in [0.3, 0.4) is 0 Å². The predicted molar refractivity (Wildman–Crippen MR) is 103 cm³/mol. The molecule has 0 spiro atoms. The number of hydrogen-bond acceptors (Lipinski definition) is 1. The largest absolute Gasteiger partial charge is 0.253 e. The molecule has 0 fully saturated rings. The summed E-state index contributed by atoms with van der Waals surface area (Å²) in [6.07, 6.45) is 4.34. The first kappa shape index (κ1) is 17.0. The number of allylic oxidation sites excluding steroid dienone is 4. The third-order valence-electron chi connectivity index (χ3n) is 3.99. The topological polar surface area (TPSA) is 12.4 Å². The van der Waals surface area contributed by atoms with Gasteiger partial charge >= 0.3 is 0 Å². The van der Waals surface area contributed by atoms with Crippen LogP contribution < -0.4 is 0 Å². The second kappa shape index (κ2) is 7.73. The number of aryl methyl sites for hydroxylation is 2. The Hall–Kier alpha value is -2.41. The van der Waals surface area contributed by atoms with Crippen molar-refractivity contribution in [3.63, 3.8) is 0 Å². The van der Waals surface area contributed by atoms with Gasteiger partial charge in [-0.1, -0.05) is 48.5 Å². The zero-order valence-corrected chi connectivity index (χ0v) is 14.7. The molecule has 23 heavy (non-hydrogen) atoms. The van der Waals surface area contributed by atoms with Crippen LogP contribution in [-0.2, 0) is 0 Å². The van der Waals surface area contributed by atoms with Crippen LogP contribution in [0.4, 0.5) is 5.69 Å². The minimum atomic E-state index is 1.02. The lowest BCUT2D eigenvalue weighted by Crippen LogP contribution is -1.94. The van der Waals surface area contributed by atoms with Gasteiger partial charge in [0.2, 0.25) is 0 Å². The maximum Gasteiger partial charge on any atom is 0.0661 e. The molecule has 0 radical (unpaired) electrons. The second-order valence-corrected chi connectivity index (χ2v) is 5.88. The average molecular weight is 303 g/mol. The molecule has 0 aromatic heterocycles. The molecule has 0 heterocycles. The Balaban J connectivity index is 2.34. The van der Waals surface area contributed by atoms with Crippen LogP contribution in [0.25, 0.3) is 5.57 Å².